The second-order valence-corrected chi connectivity index (χ2v) is 7.44. The lowest BCUT2D eigenvalue weighted by molar-refractivity contribution is 0.297. The van der Waals surface area contributed by atoms with E-state index in [1.807, 2.05) is 0 Å². The Hall–Kier alpha value is -1.26. The molecule has 0 atom stereocenters. The van der Waals surface area contributed by atoms with Crippen LogP contribution in [0.1, 0.15) is 32.8 Å². The number of hydrogen-bond acceptors (Lipinski definition) is 4. The van der Waals surface area contributed by atoms with Gasteiger partial charge in [0.25, 0.3) is 0 Å². The highest BCUT2D eigenvalue weighted by atomic mass is 32.1. The summed E-state index contributed by atoms with van der Waals surface area (Å²) < 4.78 is 12.8. The number of fused-ring (bicyclic) bond motifs is 2. The van der Waals surface area contributed by atoms with E-state index in [0.717, 1.165) is 44.1 Å². The van der Waals surface area contributed by atoms with Gasteiger partial charge in [-0.15, -0.1) is 11.3 Å². The van der Waals surface area contributed by atoms with E-state index < -0.39 is 0 Å². The van der Waals surface area contributed by atoms with Gasteiger partial charge in [-0.2, -0.15) is 0 Å². The molecule has 0 amide bonds. The molecule has 0 aliphatic carbocycles. The number of benzene rings is 1. The Balaban J connectivity index is 1.82. The predicted molar refractivity (Wildman–Crippen MR) is 88.9 cm³/mol. The molecule has 0 bridgehead atoms. The fourth-order valence-corrected chi connectivity index (χ4v) is 3.51. The molecular formula is C17H23NO2S. The van der Waals surface area contributed by atoms with Crippen molar-refractivity contribution < 1.29 is 9.47 Å². The molecule has 1 aromatic heterocycles. The minimum Gasteiger partial charge on any atom is -0.490 e. The number of rotatable bonds is 3. The summed E-state index contributed by atoms with van der Waals surface area (Å²) in [5, 5.41) is 7.11. The summed E-state index contributed by atoms with van der Waals surface area (Å²) in [6.07, 6.45) is 1.99. The first-order valence-corrected chi connectivity index (χ1v) is 8.46. The number of nitrogens with one attached hydrogen (secondary N) is 1. The first-order valence-electron chi connectivity index (χ1n) is 7.58. The fourth-order valence-electron chi connectivity index (χ4n) is 2.50. The van der Waals surface area contributed by atoms with Gasteiger partial charge in [-0.05, 0) is 56.1 Å². The average Bonchev–Trinajstić information content (AvgIpc) is 2.65. The molecule has 3 nitrogen and oxygen atoms in total. The summed E-state index contributed by atoms with van der Waals surface area (Å²) in [5.41, 5.74) is 1.56. The van der Waals surface area contributed by atoms with E-state index in [4.69, 9.17) is 9.47 Å². The van der Waals surface area contributed by atoms with Crippen LogP contribution in [0.3, 0.4) is 0 Å². The Morgan fingerprint density at radius 3 is 2.57 bits per heavy atom. The molecule has 0 radical (unpaired) electrons. The Labute approximate surface area is 130 Å². The minimum absolute atomic E-state index is 0.167. The lowest BCUT2D eigenvalue weighted by Crippen LogP contribution is -2.37. The van der Waals surface area contributed by atoms with Crippen molar-refractivity contribution in [2.24, 2.45) is 0 Å². The molecular weight excluding hydrogens is 282 g/mol. The van der Waals surface area contributed by atoms with E-state index in [-0.39, 0.29) is 5.54 Å². The summed E-state index contributed by atoms with van der Waals surface area (Å²) in [4.78, 5) is 0. The quantitative estimate of drug-likeness (QED) is 0.930. The molecule has 0 fully saturated rings. The normalized spacial score (nSPS) is 15.2. The average molecular weight is 305 g/mol. The summed E-state index contributed by atoms with van der Waals surface area (Å²) in [6.45, 7) is 9.07. The molecule has 0 spiro atoms. The van der Waals surface area contributed by atoms with E-state index in [0.29, 0.717) is 0 Å². The van der Waals surface area contributed by atoms with Crippen LogP contribution in [-0.4, -0.2) is 25.3 Å². The molecule has 1 aliphatic rings. The third-order valence-electron chi connectivity index (χ3n) is 3.57. The van der Waals surface area contributed by atoms with Gasteiger partial charge >= 0.3 is 0 Å². The van der Waals surface area contributed by atoms with Gasteiger partial charge in [0.1, 0.15) is 0 Å². The van der Waals surface area contributed by atoms with Crippen molar-refractivity contribution in [3.8, 4) is 11.5 Å². The maximum absolute atomic E-state index is 5.80. The first kappa shape index (κ1) is 14.7. The Bertz CT molecular complexity index is 627. The van der Waals surface area contributed by atoms with Crippen molar-refractivity contribution >= 4 is 21.4 Å². The minimum atomic E-state index is 0.167. The van der Waals surface area contributed by atoms with Gasteiger partial charge in [0.15, 0.2) is 11.5 Å². The van der Waals surface area contributed by atoms with Gasteiger partial charge in [-0.1, -0.05) is 0 Å². The van der Waals surface area contributed by atoms with Crippen LogP contribution in [0.4, 0.5) is 0 Å². The lowest BCUT2D eigenvalue weighted by Gasteiger charge is -2.20. The molecule has 1 aromatic carbocycles. The van der Waals surface area contributed by atoms with Gasteiger partial charge in [-0.3, -0.25) is 0 Å². The van der Waals surface area contributed by atoms with Gasteiger partial charge in [0.2, 0.25) is 0 Å². The third-order valence-corrected chi connectivity index (χ3v) is 4.57. The molecule has 21 heavy (non-hydrogen) atoms. The van der Waals surface area contributed by atoms with E-state index in [9.17, 15) is 0 Å². The van der Waals surface area contributed by atoms with Crippen LogP contribution in [0.15, 0.2) is 17.5 Å². The molecule has 1 N–H and O–H groups in total. The smallest absolute Gasteiger partial charge is 0.162 e. The monoisotopic (exact) mass is 305 g/mol. The van der Waals surface area contributed by atoms with Crippen LogP contribution in [0, 0.1) is 0 Å². The van der Waals surface area contributed by atoms with Crippen LogP contribution >= 0.6 is 11.3 Å². The zero-order valence-corrected chi connectivity index (χ0v) is 13.8. The fraction of sp³-hybridized carbons (Fsp3) is 0.529. The van der Waals surface area contributed by atoms with Crippen molar-refractivity contribution in [3.05, 3.63) is 23.1 Å². The van der Waals surface area contributed by atoms with Crippen molar-refractivity contribution in [2.75, 3.05) is 19.8 Å². The number of ether oxygens (including phenoxy) is 2. The van der Waals surface area contributed by atoms with E-state index in [2.05, 4.69) is 43.6 Å². The van der Waals surface area contributed by atoms with Crippen molar-refractivity contribution in [2.45, 2.75) is 39.2 Å². The second-order valence-electron chi connectivity index (χ2n) is 6.53. The Kier molecular flexibility index (Phi) is 4.09. The van der Waals surface area contributed by atoms with Gasteiger partial charge < -0.3 is 14.8 Å². The Morgan fingerprint density at radius 2 is 1.86 bits per heavy atom. The van der Waals surface area contributed by atoms with Gasteiger partial charge in [0, 0.05) is 22.7 Å². The number of thiophene rings is 1. The van der Waals surface area contributed by atoms with Gasteiger partial charge in [0.05, 0.1) is 13.2 Å². The molecule has 2 heterocycles. The zero-order chi connectivity index (χ0) is 14.9. The van der Waals surface area contributed by atoms with Crippen LogP contribution in [0.2, 0.25) is 0 Å². The van der Waals surface area contributed by atoms with Crippen molar-refractivity contribution in [1.82, 2.24) is 5.32 Å². The molecule has 4 heteroatoms. The topological polar surface area (TPSA) is 30.5 Å². The molecule has 1 aliphatic heterocycles. The molecule has 2 aromatic rings. The van der Waals surface area contributed by atoms with E-state index in [1.54, 1.807) is 11.3 Å². The highest BCUT2D eigenvalue weighted by molar-refractivity contribution is 7.17. The standard InChI is InChI=1S/C17H23NO2S/c1-17(2,3)18-6-5-12-11-21-16-10-15-14(9-13(12)16)19-7-4-8-20-15/h9-11,18H,4-8H2,1-3H3. The van der Waals surface area contributed by atoms with Crippen LogP contribution in [0.25, 0.3) is 10.1 Å². The zero-order valence-electron chi connectivity index (χ0n) is 13.0. The summed E-state index contributed by atoms with van der Waals surface area (Å²) in [5.74, 6) is 1.78. The molecule has 0 unspecified atom stereocenters. The summed E-state index contributed by atoms with van der Waals surface area (Å²) >= 11 is 1.79. The SMILES string of the molecule is CC(C)(C)NCCc1csc2cc3c(cc12)OCCCO3. The maximum atomic E-state index is 5.80. The highest BCUT2D eigenvalue weighted by Gasteiger charge is 2.15. The van der Waals surface area contributed by atoms with Gasteiger partial charge in [-0.25, -0.2) is 0 Å². The highest BCUT2D eigenvalue weighted by Crippen LogP contribution is 2.38. The van der Waals surface area contributed by atoms with E-state index in [1.165, 1.54) is 15.6 Å². The van der Waals surface area contributed by atoms with Crippen LogP contribution < -0.4 is 14.8 Å². The molecule has 0 saturated heterocycles. The van der Waals surface area contributed by atoms with Crippen molar-refractivity contribution in [1.29, 1.82) is 0 Å². The van der Waals surface area contributed by atoms with Crippen LogP contribution in [-0.2, 0) is 6.42 Å². The number of hydrogen-bond donors (Lipinski definition) is 1. The maximum Gasteiger partial charge on any atom is 0.162 e. The second kappa shape index (κ2) is 5.85. The summed E-state index contributed by atoms with van der Waals surface area (Å²) in [6, 6.07) is 4.28. The predicted octanol–water partition coefficient (Wildman–Crippen LogP) is 3.99. The Morgan fingerprint density at radius 1 is 1.14 bits per heavy atom. The molecule has 0 saturated carbocycles. The molecule has 3 rings (SSSR count). The summed E-state index contributed by atoms with van der Waals surface area (Å²) in [7, 11) is 0. The van der Waals surface area contributed by atoms with Crippen molar-refractivity contribution in [3.63, 3.8) is 0 Å². The van der Waals surface area contributed by atoms with E-state index >= 15 is 0 Å². The third kappa shape index (κ3) is 3.50. The first-order chi connectivity index (χ1) is 10.0. The lowest BCUT2D eigenvalue weighted by atomic mass is 10.1. The molecule has 114 valence electrons. The largest absolute Gasteiger partial charge is 0.490 e. The van der Waals surface area contributed by atoms with Crippen LogP contribution in [0.5, 0.6) is 11.5 Å².